The molecule has 1 fully saturated rings. The number of hydrogen-bond acceptors (Lipinski definition) is 10. The highest BCUT2D eigenvalue weighted by Crippen LogP contribution is 2.22. The second kappa shape index (κ2) is 42.5. The van der Waals surface area contributed by atoms with Gasteiger partial charge in [-0.2, -0.15) is 0 Å². The van der Waals surface area contributed by atoms with Crippen LogP contribution in [0.15, 0.2) is 24.3 Å². The van der Waals surface area contributed by atoms with Gasteiger partial charge in [0.1, 0.15) is 0 Å². The van der Waals surface area contributed by atoms with Gasteiger partial charge in [-0.1, -0.05) is 128 Å². The van der Waals surface area contributed by atoms with Gasteiger partial charge in [-0.15, -0.1) is 0 Å². The number of carbonyl (C=O) groups excluding carboxylic acids is 2. The van der Waals surface area contributed by atoms with Crippen LogP contribution in [-0.4, -0.2) is 132 Å². The smallest absolute Gasteiger partial charge is 0.220 e. The molecule has 376 valence electrons. The fraction of sp³-hybridized carbons (Fsp3) is 0.885. The molecule has 1 aliphatic rings. The summed E-state index contributed by atoms with van der Waals surface area (Å²) in [6.07, 6.45) is 37.0. The number of carbonyl (C=O) groups is 2. The largest absolute Gasteiger partial charge is 0.392 e. The van der Waals surface area contributed by atoms with Crippen LogP contribution in [0.25, 0.3) is 0 Å². The summed E-state index contributed by atoms with van der Waals surface area (Å²) in [5, 5.41) is 47.9. The fourth-order valence-electron chi connectivity index (χ4n) is 8.88. The van der Waals surface area contributed by atoms with Gasteiger partial charge in [-0.25, -0.2) is 0 Å². The maximum absolute atomic E-state index is 12.9. The molecule has 0 aromatic rings. The fourth-order valence-corrected chi connectivity index (χ4v) is 8.88. The van der Waals surface area contributed by atoms with Crippen molar-refractivity contribution >= 4 is 11.8 Å². The van der Waals surface area contributed by atoms with Gasteiger partial charge in [0.25, 0.3) is 0 Å². The Morgan fingerprint density at radius 2 is 0.797 bits per heavy atom. The second-order valence-electron chi connectivity index (χ2n) is 19.2. The highest BCUT2D eigenvalue weighted by atomic mass is 16.3. The number of piperazine rings is 1. The van der Waals surface area contributed by atoms with Crippen LogP contribution in [0.4, 0.5) is 0 Å². The van der Waals surface area contributed by atoms with Crippen molar-refractivity contribution in [2.75, 3.05) is 65.4 Å². The lowest BCUT2D eigenvalue weighted by atomic mass is 9.91. The first-order valence-corrected chi connectivity index (χ1v) is 26.5. The van der Waals surface area contributed by atoms with E-state index in [0.29, 0.717) is 38.8 Å². The molecule has 12 nitrogen and oxygen atoms in total. The Kier molecular flexibility index (Phi) is 39.9. The molecular weight excluding hydrogens is 805 g/mol. The average molecular weight is 907 g/mol. The number of hydrogen-bond donors (Lipinski definition) is 8. The zero-order valence-electron chi connectivity index (χ0n) is 41.3. The molecule has 1 saturated heterocycles. The van der Waals surface area contributed by atoms with Crippen molar-refractivity contribution in [1.82, 2.24) is 20.4 Å². The number of allylic oxidation sites excluding steroid dienone is 4. The van der Waals surface area contributed by atoms with Crippen molar-refractivity contribution in [3.05, 3.63) is 24.3 Å². The standard InChI is InChI=1S/C52H102N6O6/c1-3-5-7-9-11-13-15-17-19-21-23-25-27-29-45(35-47(59)39-53)37-51(63)55-41-49(61)43-57-31-33-58(34-32-57)44-50(62)42-56-52(64)38-46(36-48(60)40-54)30-28-26-24-22-20-18-16-14-12-10-8-6-4-2/h17-20,45-50,59-62H,3-16,21-44,53-54H2,1-2H3,(H,55,63)(H,56,64). The van der Waals surface area contributed by atoms with E-state index >= 15 is 0 Å². The Balaban J connectivity index is 2.28. The van der Waals surface area contributed by atoms with Crippen LogP contribution in [0.2, 0.25) is 0 Å². The topological polar surface area (TPSA) is 198 Å². The SMILES string of the molecule is CCCCCCCCC=CCCCCCC(CC(=O)NCC(O)CN1CCN(CC(O)CNC(=O)CC(CCCCCC=CCCCCCCCC)CC(O)CN)CC1)CC(O)CN. The van der Waals surface area contributed by atoms with Gasteiger partial charge in [-0.3, -0.25) is 19.4 Å². The molecule has 0 saturated carbocycles. The molecule has 64 heavy (non-hydrogen) atoms. The summed E-state index contributed by atoms with van der Waals surface area (Å²) < 4.78 is 0. The summed E-state index contributed by atoms with van der Waals surface area (Å²) in [7, 11) is 0. The van der Waals surface area contributed by atoms with Crippen LogP contribution in [0.1, 0.15) is 194 Å². The molecule has 0 spiro atoms. The van der Waals surface area contributed by atoms with Crippen LogP contribution < -0.4 is 22.1 Å². The molecule has 1 aliphatic heterocycles. The third-order valence-electron chi connectivity index (χ3n) is 12.9. The molecule has 6 atom stereocenters. The minimum atomic E-state index is -0.699. The summed E-state index contributed by atoms with van der Waals surface area (Å²) in [4.78, 5) is 30.2. The number of amides is 2. The third kappa shape index (κ3) is 36.2. The maximum Gasteiger partial charge on any atom is 0.220 e. The lowest BCUT2D eigenvalue weighted by Gasteiger charge is -2.36. The van der Waals surface area contributed by atoms with Crippen LogP contribution in [0, 0.1) is 11.8 Å². The lowest BCUT2D eigenvalue weighted by molar-refractivity contribution is -0.123. The Hall–Kier alpha value is -1.90. The van der Waals surface area contributed by atoms with Crippen LogP contribution in [0.3, 0.4) is 0 Å². The monoisotopic (exact) mass is 907 g/mol. The van der Waals surface area contributed by atoms with Crippen LogP contribution >= 0.6 is 0 Å². The van der Waals surface area contributed by atoms with Crippen molar-refractivity contribution in [3.8, 4) is 0 Å². The first kappa shape index (κ1) is 60.1. The quantitative estimate of drug-likeness (QED) is 0.0224. The summed E-state index contributed by atoms with van der Waals surface area (Å²) in [5.74, 6) is -0.0961. The highest BCUT2D eigenvalue weighted by Gasteiger charge is 2.23. The molecule has 0 aliphatic carbocycles. The first-order valence-electron chi connectivity index (χ1n) is 26.5. The number of nitrogens with two attached hydrogens (primary N) is 2. The van der Waals surface area contributed by atoms with E-state index in [4.69, 9.17) is 11.5 Å². The van der Waals surface area contributed by atoms with E-state index in [2.05, 4.69) is 58.6 Å². The van der Waals surface area contributed by atoms with Gasteiger partial charge in [0.05, 0.1) is 24.4 Å². The molecule has 6 unspecified atom stereocenters. The molecule has 0 bridgehead atoms. The molecule has 1 heterocycles. The molecular formula is C52H102N6O6. The van der Waals surface area contributed by atoms with Crippen molar-refractivity contribution < 1.29 is 30.0 Å². The molecule has 1 rings (SSSR count). The number of aliphatic hydroxyl groups excluding tert-OH is 4. The number of rotatable bonds is 44. The van der Waals surface area contributed by atoms with Crippen molar-refractivity contribution in [2.45, 2.75) is 218 Å². The first-order chi connectivity index (χ1) is 31.1. The minimum Gasteiger partial charge on any atom is -0.392 e. The molecule has 0 aromatic heterocycles. The van der Waals surface area contributed by atoms with Crippen LogP contribution in [0.5, 0.6) is 0 Å². The lowest BCUT2D eigenvalue weighted by Crippen LogP contribution is -2.52. The zero-order chi connectivity index (χ0) is 46.9. The Morgan fingerprint density at radius 1 is 0.484 bits per heavy atom. The number of aliphatic hydroxyl groups is 4. The summed E-state index contributed by atoms with van der Waals surface area (Å²) >= 11 is 0. The second-order valence-corrected chi connectivity index (χ2v) is 19.2. The third-order valence-corrected chi connectivity index (χ3v) is 12.9. The van der Waals surface area contributed by atoms with Crippen molar-refractivity contribution in [1.29, 1.82) is 0 Å². The van der Waals surface area contributed by atoms with E-state index in [1.807, 2.05) is 0 Å². The average Bonchev–Trinajstić information content (AvgIpc) is 3.28. The number of β-amino-alcohol motifs (C(OH)–C–C–N with tert-alkyl or cyclic N) is 2. The highest BCUT2D eigenvalue weighted by molar-refractivity contribution is 5.76. The molecule has 10 N–H and O–H groups in total. The molecule has 12 heteroatoms. The molecule has 0 radical (unpaired) electrons. The molecule has 0 aromatic carbocycles. The van der Waals surface area contributed by atoms with Gasteiger partial charge in [-0.05, 0) is 88.9 Å². The minimum absolute atomic E-state index is 0.0555. The van der Waals surface area contributed by atoms with E-state index < -0.39 is 24.4 Å². The predicted molar refractivity (Wildman–Crippen MR) is 267 cm³/mol. The summed E-state index contributed by atoms with van der Waals surface area (Å²) in [5.41, 5.74) is 11.4. The zero-order valence-corrected chi connectivity index (χ0v) is 41.3. The molecule has 2 amide bonds. The van der Waals surface area contributed by atoms with Crippen LogP contribution in [-0.2, 0) is 9.59 Å². The normalized spacial score (nSPS) is 16.9. The summed E-state index contributed by atoms with van der Waals surface area (Å²) in [6.45, 7) is 9.07. The van der Waals surface area contributed by atoms with Crippen molar-refractivity contribution in [3.63, 3.8) is 0 Å². The number of nitrogens with zero attached hydrogens (tertiary/aromatic N) is 2. The van der Waals surface area contributed by atoms with Gasteiger partial charge in [0, 0.05) is 78.3 Å². The van der Waals surface area contributed by atoms with Gasteiger partial charge in [0.15, 0.2) is 0 Å². The summed E-state index contributed by atoms with van der Waals surface area (Å²) in [6, 6.07) is 0. The van der Waals surface area contributed by atoms with E-state index in [-0.39, 0.29) is 49.8 Å². The van der Waals surface area contributed by atoms with Gasteiger partial charge < -0.3 is 42.5 Å². The predicted octanol–water partition coefficient (Wildman–Crippen LogP) is 7.50. The Morgan fingerprint density at radius 3 is 1.12 bits per heavy atom. The number of unbranched alkanes of at least 4 members (excludes halogenated alkanes) is 18. The maximum atomic E-state index is 12.9. The number of nitrogens with one attached hydrogen (secondary N) is 2. The van der Waals surface area contributed by atoms with Crippen molar-refractivity contribution in [2.24, 2.45) is 23.3 Å². The van der Waals surface area contributed by atoms with Gasteiger partial charge in [0.2, 0.25) is 11.8 Å². The Bertz CT molecular complexity index is 1050. The van der Waals surface area contributed by atoms with E-state index in [0.717, 1.165) is 90.4 Å². The van der Waals surface area contributed by atoms with E-state index in [1.165, 1.54) is 89.9 Å². The van der Waals surface area contributed by atoms with E-state index in [9.17, 15) is 30.0 Å². The van der Waals surface area contributed by atoms with Gasteiger partial charge >= 0.3 is 0 Å². The van der Waals surface area contributed by atoms with E-state index in [1.54, 1.807) is 0 Å². The Labute approximate surface area is 392 Å².